The third-order valence-corrected chi connectivity index (χ3v) is 3.78. The molecule has 2 heterocycles. The van der Waals surface area contributed by atoms with Gasteiger partial charge in [-0.15, -0.1) is 0 Å². The lowest BCUT2D eigenvalue weighted by Gasteiger charge is -2.19. The predicted octanol–water partition coefficient (Wildman–Crippen LogP) is 0.439. The van der Waals surface area contributed by atoms with Crippen molar-refractivity contribution in [2.24, 2.45) is 11.8 Å². The molecule has 15 heavy (non-hydrogen) atoms. The molecule has 0 bridgehead atoms. The molecule has 3 unspecified atom stereocenters. The van der Waals surface area contributed by atoms with E-state index in [1.165, 1.54) is 12.8 Å². The number of carboxylic acids is 1. The summed E-state index contributed by atoms with van der Waals surface area (Å²) in [5.41, 5.74) is -0.684. The van der Waals surface area contributed by atoms with Gasteiger partial charge in [-0.2, -0.15) is 0 Å². The molecule has 2 saturated heterocycles. The van der Waals surface area contributed by atoms with E-state index in [1.54, 1.807) is 6.92 Å². The minimum atomic E-state index is -0.713. The van der Waals surface area contributed by atoms with Crippen LogP contribution >= 0.6 is 0 Å². The molecule has 0 aliphatic carbocycles. The molecule has 0 saturated carbocycles. The van der Waals surface area contributed by atoms with E-state index in [0.29, 0.717) is 5.92 Å². The van der Waals surface area contributed by atoms with Crippen LogP contribution in [0.15, 0.2) is 0 Å². The highest BCUT2D eigenvalue weighted by Gasteiger charge is 2.41. The third-order valence-electron chi connectivity index (χ3n) is 3.78. The number of aliphatic carboxylic acids is 1. The van der Waals surface area contributed by atoms with Crippen LogP contribution in [0.4, 0.5) is 0 Å². The van der Waals surface area contributed by atoms with Gasteiger partial charge in [0, 0.05) is 0 Å². The van der Waals surface area contributed by atoms with E-state index >= 15 is 0 Å². The predicted molar refractivity (Wildman–Crippen MR) is 57.7 cm³/mol. The van der Waals surface area contributed by atoms with Crippen LogP contribution in [0.25, 0.3) is 0 Å². The maximum Gasteiger partial charge on any atom is 0.323 e. The van der Waals surface area contributed by atoms with Crippen LogP contribution in [0.5, 0.6) is 0 Å². The van der Waals surface area contributed by atoms with Crippen LogP contribution in [0, 0.1) is 11.8 Å². The molecule has 2 fully saturated rings. The summed E-state index contributed by atoms with van der Waals surface area (Å²) in [4.78, 5) is 11.0. The number of nitrogens with one attached hydrogen (secondary N) is 2. The quantitative estimate of drug-likeness (QED) is 0.635. The standard InChI is InChI=1S/C11H20N2O2/c1-11(10(14)15)5-9(7-13-11)4-8-2-3-12-6-8/h8-9,12-13H,2-7H2,1H3,(H,14,15). The molecule has 0 aromatic carbocycles. The van der Waals surface area contributed by atoms with Crippen molar-refractivity contribution >= 4 is 5.97 Å². The summed E-state index contributed by atoms with van der Waals surface area (Å²) < 4.78 is 0. The van der Waals surface area contributed by atoms with Crippen molar-refractivity contribution in [1.29, 1.82) is 0 Å². The van der Waals surface area contributed by atoms with Gasteiger partial charge in [-0.05, 0) is 57.7 Å². The summed E-state index contributed by atoms with van der Waals surface area (Å²) in [5, 5.41) is 15.6. The fourth-order valence-electron chi connectivity index (χ4n) is 2.81. The molecule has 0 aromatic heterocycles. The second-order valence-corrected chi connectivity index (χ2v) is 5.18. The summed E-state index contributed by atoms with van der Waals surface area (Å²) in [6, 6.07) is 0. The van der Waals surface area contributed by atoms with Crippen LogP contribution in [-0.2, 0) is 4.79 Å². The van der Waals surface area contributed by atoms with E-state index in [-0.39, 0.29) is 0 Å². The van der Waals surface area contributed by atoms with Crippen LogP contribution < -0.4 is 10.6 Å². The third kappa shape index (κ3) is 2.32. The topological polar surface area (TPSA) is 61.4 Å². The highest BCUT2D eigenvalue weighted by molar-refractivity contribution is 5.78. The van der Waals surface area contributed by atoms with Crippen molar-refractivity contribution in [2.75, 3.05) is 19.6 Å². The van der Waals surface area contributed by atoms with Gasteiger partial charge in [0.05, 0.1) is 0 Å². The second-order valence-electron chi connectivity index (χ2n) is 5.18. The molecular weight excluding hydrogens is 192 g/mol. The van der Waals surface area contributed by atoms with Gasteiger partial charge in [0.1, 0.15) is 5.54 Å². The molecular formula is C11H20N2O2. The smallest absolute Gasteiger partial charge is 0.323 e. The maximum absolute atomic E-state index is 11.0. The molecule has 3 atom stereocenters. The first-order chi connectivity index (χ1) is 7.10. The van der Waals surface area contributed by atoms with Crippen molar-refractivity contribution in [3.8, 4) is 0 Å². The van der Waals surface area contributed by atoms with Gasteiger partial charge in [0.15, 0.2) is 0 Å². The average Bonchev–Trinajstić information content (AvgIpc) is 2.77. The number of rotatable bonds is 3. The molecule has 0 aromatic rings. The van der Waals surface area contributed by atoms with Gasteiger partial charge < -0.3 is 15.7 Å². The molecule has 86 valence electrons. The van der Waals surface area contributed by atoms with Crippen molar-refractivity contribution < 1.29 is 9.90 Å². The van der Waals surface area contributed by atoms with Crippen molar-refractivity contribution in [3.05, 3.63) is 0 Å². The van der Waals surface area contributed by atoms with Crippen LogP contribution in [0.3, 0.4) is 0 Å². The van der Waals surface area contributed by atoms with Gasteiger partial charge >= 0.3 is 5.97 Å². The van der Waals surface area contributed by atoms with Gasteiger partial charge in [-0.25, -0.2) is 0 Å². The maximum atomic E-state index is 11.0. The lowest BCUT2D eigenvalue weighted by molar-refractivity contribution is -0.143. The Bertz CT molecular complexity index is 251. The first-order valence-electron chi connectivity index (χ1n) is 5.79. The van der Waals surface area contributed by atoms with Crippen LogP contribution in [0.2, 0.25) is 0 Å². The molecule has 2 aliphatic heterocycles. The Morgan fingerprint density at radius 2 is 2.27 bits per heavy atom. The zero-order valence-corrected chi connectivity index (χ0v) is 9.25. The molecule has 0 amide bonds. The summed E-state index contributed by atoms with van der Waals surface area (Å²) in [6.45, 7) is 4.89. The van der Waals surface area contributed by atoms with Gasteiger partial charge in [0.2, 0.25) is 0 Å². The zero-order chi connectivity index (χ0) is 10.9. The van der Waals surface area contributed by atoms with E-state index < -0.39 is 11.5 Å². The SMILES string of the molecule is CC1(C(=O)O)CC(CC2CCNC2)CN1. The second kappa shape index (κ2) is 4.10. The van der Waals surface area contributed by atoms with E-state index in [0.717, 1.165) is 32.0 Å². The highest BCUT2D eigenvalue weighted by Crippen LogP contribution is 2.30. The Balaban J connectivity index is 1.84. The Morgan fingerprint density at radius 1 is 1.47 bits per heavy atom. The summed E-state index contributed by atoms with van der Waals surface area (Å²) in [7, 11) is 0. The minimum absolute atomic E-state index is 0.538. The van der Waals surface area contributed by atoms with E-state index in [4.69, 9.17) is 5.11 Å². The lowest BCUT2D eigenvalue weighted by Crippen LogP contribution is -2.44. The van der Waals surface area contributed by atoms with Crippen molar-refractivity contribution in [2.45, 2.75) is 31.7 Å². The van der Waals surface area contributed by atoms with Crippen LogP contribution in [-0.4, -0.2) is 36.2 Å². The summed E-state index contributed by atoms with van der Waals surface area (Å²) in [5.74, 6) is 0.582. The number of hydrogen-bond donors (Lipinski definition) is 3. The van der Waals surface area contributed by atoms with E-state index in [1.807, 2.05) is 0 Å². The van der Waals surface area contributed by atoms with E-state index in [9.17, 15) is 4.79 Å². The summed E-state index contributed by atoms with van der Waals surface area (Å²) >= 11 is 0. The Morgan fingerprint density at radius 3 is 2.80 bits per heavy atom. The lowest BCUT2D eigenvalue weighted by atomic mass is 9.88. The number of carboxylic acid groups (broad SMARTS) is 1. The molecule has 0 radical (unpaired) electrons. The number of carbonyl (C=O) groups is 1. The normalized spacial score (nSPS) is 40.9. The Kier molecular flexibility index (Phi) is 2.98. The van der Waals surface area contributed by atoms with Crippen molar-refractivity contribution in [1.82, 2.24) is 10.6 Å². The summed E-state index contributed by atoms with van der Waals surface area (Å²) in [6.07, 6.45) is 3.20. The van der Waals surface area contributed by atoms with Crippen LogP contribution in [0.1, 0.15) is 26.2 Å². The Labute approximate surface area is 90.4 Å². The first kappa shape index (κ1) is 10.9. The van der Waals surface area contributed by atoms with Crippen molar-refractivity contribution in [3.63, 3.8) is 0 Å². The highest BCUT2D eigenvalue weighted by atomic mass is 16.4. The largest absolute Gasteiger partial charge is 0.480 e. The van der Waals surface area contributed by atoms with Gasteiger partial charge in [0.25, 0.3) is 0 Å². The molecule has 2 aliphatic rings. The fourth-order valence-corrected chi connectivity index (χ4v) is 2.81. The minimum Gasteiger partial charge on any atom is -0.480 e. The molecule has 2 rings (SSSR count). The molecule has 4 heteroatoms. The monoisotopic (exact) mass is 212 g/mol. The average molecular weight is 212 g/mol. The molecule has 0 spiro atoms. The first-order valence-corrected chi connectivity index (χ1v) is 5.79. The molecule has 3 N–H and O–H groups in total. The number of hydrogen-bond acceptors (Lipinski definition) is 3. The van der Waals surface area contributed by atoms with Gasteiger partial charge in [-0.3, -0.25) is 4.79 Å². The zero-order valence-electron chi connectivity index (χ0n) is 9.25. The van der Waals surface area contributed by atoms with E-state index in [2.05, 4.69) is 10.6 Å². The van der Waals surface area contributed by atoms with Gasteiger partial charge in [-0.1, -0.05) is 0 Å². The fraction of sp³-hybridized carbons (Fsp3) is 0.909. The Hall–Kier alpha value is -0.610. The molecule has 4 nitrogen and oxygen atoms in total.